The number of benzene rings is 2. The summed E-state index contributed by atoms with van der Waals surface area (Å²) in [6.45, 7) is 0.993. The van der Waals surface area contributed by atoms with Gasteiger partial charge in [0.15, 0.2) is 23.9 Å². The normalized spacial score (nSPS) is 10.4. The molecule has 2 aromatic rings. The number of Topliss-reactive ketones (excluding diaryl/α,β-unsaturated/α-hetero) is 1. The molecule has 0 bridgehead atoms. The highest BCUT2D eigenvalue weighted by atomic mass is 16.5. The van der Waals surface area contributed by atoms with E-state index < -0.39 is 18.5 Å². The number of hydrogen-bond donors (Lipinski definition) is 1. The number of ketones is 1. The maximum absolute atomic E-state index is 11.9. The molecule has 1 N–H and O–H groups in total. The highest BCUT2D eigenvalue weighted by molar-refractivity contribution is 5.98. The minimum absolute atomic E-state index is 0.108. The molecule has 1 amide bonds. The second kappa shape index (κ2) is 9.91. The summed E-state index contributed by atoms with van der Waals surface area (Å²) in [4.78, 5) is 35.1. The molecule has 0 aliphatic rings. The number of anilines is 1. The van der Waals surface area contributed by atoms with Crippen molar-refractivity contribution >= 4 is 29.4 Å². The number of hydrogen-bond acceptors (Lipinski definition) is 6. The SMILES string of the molecule is COc1ccc(/C=C/C(=O)OCC(=O)Nc2cccc(C(C)=O)c2)cc1OC. The molecule has 2 rings (SSSR count). The van der Waals surface area contributed by atoms with E-state index in [0.29, 0.717) is 28.3 Å². The fourth-order valence-corrected chi connectivity index (χ4v) is 2.32. The lowest BCUT2D eigenvalue weighted by atomic mass is 10.1. The molecule has 0 aliphatic carbocycles. The fraction of sp³-hybridized carbons (Fsp3) is 0.190. The van der Waals surface area contributed by atoms with Crippen LogP contribution < -0.4 is 14.8 Å². The molecule has 7 nitrogen and oxygen atoms in total. The van der Waals surface area contributed by atoms with Gasteiger partial charge in [-0.25, -0.2) is 4.79 Å². The van der Waals surface area contributed by atoms with Crippen LogP contribution in [0.1, 0.15) is 22.8 Å². The van der Waals surface area contributed by atoms with Gasteiger partial charge in [0.1, 0.15) is 0 Å². The van der Waals surface area contributed by atoms with Crippen molar-refractivity contribution in [3.63, 3.8) is 0 Å². The third kappa shape index (κ3) is 5.98. The minimum atomic E-state index is -0.664. The van der Waals surface area contributed by atoms with Gasteiger partial charge in [-0.15, -0.1) is 0 Å². The van der Waals surface area contributed by atoms with Crippen molar-refractivity contribution in [1.82, 2.24) is 0 Å². The maximum Gasteiger partial charge on any atom is 0.331 e. The third-order valence-corrected chi connectivity index (χ3v) is 3.72. The molecule has 0 aliphatic heterocycles. The zero-order chi connectivity index (χ0) is 20.5. The van der Waals surface area contributed by atoms with E-state index in [-0.39, 0.29) is 5.78 Å². The van der Waals surface area contributed by atoms with E-state index in [2.05, 4.69) is 5.32 Å². The van der Waals surface area contributed by atoms with Crippen molar-refractivity contribution < 1.29 is 28.6 Å². The molecule has 0 fully saturated rings. The molecule has 2 aromatic carbocycles. The van der Waals surface area contributed by atoms with Gasteiger partial charge in [-0.3, -0.25) is 9.59 Å². The second-order valence-corrected chi connectivity index (χ2v) is 5.74. The molecule has 146 valence electrons. The summed E-state index contributed by atoms with van der Waals surface area (Å²) in [7, 11) is 3.05. The van der Waals surface area contributed by atoms with Crippen LogP contribution in [-0.2, 0) is 14.3 Å². The summed E-state index contributed by atoms with van der Waals surface area (Å²) in [6.07, 6.45) is 2.75. The van der Waals surface area contributed by atoms with Crippen molar-refractivity contribution in [3.8, 4) is 11.5 Å². The number of amides is 1. The number of carbonyl (C=O) groups excluding carboxylic acids is 3. The average Bonchev–Trinajstić information content (AvgIpc) is 2.70. The Labute approximate surface area is 162 Å². The first-order valence-corrected chi connectivity index (χ1v) is 8.40. The van der Waals surface area contributed by atoms with Gasteiger partial charge in [0, 0.05) is 17.3 Å². The number of carbonyl (C=O) groups is 3. The molecule has 0 aromatic heterocycles. The monoisotopic (exact) mass is 383 g/mol. The third-order valence-electron chi connectivity index (χ3n) is 3.72. The lowest BCUT2D eigenvalue weighted by Crippen LogP contribution is -2.20. The van der Waals surface area contributed by atoms with E-state index in [1.807, 2.05) is 0 Å². The van der Waals surface area contributed by atoms with E-state index in [0.717, 1.165) is 0 Å². The molecule has 0 unspecified atom stereocenters. The largest absolute Gasteiger partial charge is 0.493 e. The first-order chi connectivity index (χ1) is 13.4. The summed E-state index contributed by atoms with van der Waals surface area (Å²) in [5.41, 5.74) is 1.64. The fourth-order valence-electron chi connectivity index (χ4n) is 2.32. The van der Waals surface area contributed by atoms with E-state index in [9.17, 15) is 14.4 Å². The summed E-state index contributed by atoms with van der Waals surface area (Å²) in [6, 6.07) is 11.7. The van der Waals surface area contributed by atoms with Gasteiger partial charge in [0.2, 0.25) is 0 Å². The maximum atomic E-state index is 11.9. The Morgan fingerprint density at radius 3 is 2.43 bits per heavy atom. The van der Waals surface area contributed by atoms with Crippen LogP contribution in [0.3, 0.4) is 0 Å². The van der Waals surface area contributed by atoms with Gasteiger partial charge in [0.25, 0.3) is 5.91 Å². The Hall–Kier alpha value is -3.61. The molecule has 0 heterocycles. The predicted molar refractivity (Wildman–Crippen MR) is 105 cm³/mol. The van der Waals surface area contributed by atoms with Crippen LogP contribution in [0.25, 0.3) is 6.08 Å². The molecular weight excluding hydrogens is 362 g/mol. The van der Waals surface area contributed by atoms with Crippen LogP contribution in [0.4, 0.5) is 5.69 Å². The Kier molecular flexibility index (Phi) is 7.33. The lowest BCUT2D eigenvalue weighted by Gasteiger charge is -2.08. The van der Waals surface area contributed by atoms with Gasteiger partial charge in [-0.05, 0) is 42.8 Å². The van der Waals surface area contributed by atoms with Crippen LogP contribution >= 0.6 is 0 Å². The van der Waals surface area contributed by atoms with Crippen molar-refractivity contribution in [2.24, 2.45) is 0 Å². The Morgan fingerprint density at radius 2 is 1.75 bits per heavy atom. The summed E-state index contributed by atoms with van der Waals surface area (Å²) >= 11 is 0. The molecule has 0 saturated heterocycles. The van der Waals surface area contributed by atoms with Crippen LogP contribution in [0, 0.1) is 0 Å². The number of nitrogens with one attached hydrogen (secondary N) is 1. The first-order valence-electron chi connectivity index (χ1n) is 8.40. The van der Waals surface area contributed by atoms with E-state index in [4.69, 9.17) is 14.2 Å². The van der Waals surface area contributed by atoms with Gasteiger partial charge >= 0.3 is 5.97 Å². The Morgan fingerprint density at radius 1 is 1.00 bits per heavy atom. The van der Waals surface area contributed by atoms with Gasteiger partial charge in [-0.2, -0.15) is 0 Å². The molecular formula is C21H21NO6. The van der Waals surface area contributed by atoms with Crippen molar-refractivity contribution in [3.05, 3.63) is 59.7 Å². The van der Waals surface area contributed by atoms with E-state index >= 15 is 0 Å². The minimum Gasteiger partial charge on any atom is -0.493 e. The number of methoxy groups -OCH3 is 2. The van der Waals surface area contributed by atoms with E-state index in [1.54, 1.807) is 48.5 Å². The summed E-state index contributed by atoms with van der Waals surface area (Å²) in [5.74, 6) is -0.170. The average molecular weight is 383 g/mol. The molecule has 7 heteroatoms. The predicted octanol–water partition coefficient (Wildman–Crippen LogP) is 3.10. The zero-order valence-corrected chi connectivity index (χ0v) is 15.9. The molecule has 0 radical (unpaired) electrons. The zero-order valence-electron chi connectivity index (χ0n) is 15.9. The topological polar surface area (TPSA) is 90.9 Å². The number of ether oxygens (including phenoxy) is 3. The first kappa shape index (κ1) is 20.7. The Balaban J connectivity index is 1.88. The van der Waals surface area contributed by atoms with Gasteiger partial charge < -0.3 is 19.5 Å². The van der Waals surface area contributed by atoms with Crippen LogP contribution in [0.5, 0.6) is 11.5 Å². The van der Waals surface area contributed by atoms with Gasteiger partial charge in [0.05, 0.1) is 14.2 Å². The summed E-state index contributed by atoms with van der Waals surface area (Å²) < 4.78 is 15.3. The van der Waals surface area contributed by atoms with Crippen molar-refractivity contribution in [1.29, 1.82) is 0 Å². The molecule has 0 atom stereocenters. The molecule has 0 spiro atoms. The second-order valence-electron chi connectivity index (χ2n) is 5.74. The number of esters is 1. The quantitative estimate of drug-likeness (QED) is 0.428. The summed E-state index contributed by atoms with van der Waals surface area (Å²) in [5, 5.41) is 2.57. The Bertz CT molecular complexity index is 904. The van der Waals surface area contributed by atoms with Gasteiger partial charge in [-0.1, -0.05) is 18.2 Å². The number of rotatable bonds is 8. The molecule has 0 saturated carbocycles. The molecule has 28 heavy (non-hydrogen) atoms. The van der Waals surface area contributed by atoms with Crippen molar-refractivity contribution in [2.75, 3.05) is 26.1 Å². The lowest BCUT2D eigenvalue weighted by molar-refractivity contribution is -0.142. The van der Waals surface area contributed by atoms with E-state index in [1.165, 1.54) is 27.2 Å². The smallest absolute Gasteiger partial charge is 0.331 e. The highest BCUT2D eigenvalue weighted by Crippen LogP contribution is 2.27. The van der Waals surface area contributed by atoms with Crippen LogP contribution in [-0.4, -0.2) is 38.5 Å². The standard InChI is InChI=1S/C21H21NO6/c1-14(23)16-5-4-6-17(12-16)22-20(24)13-28-21(25)10-8-15-7-9-18(26-2)19(11-15)27-3/h4-12H,13H2,1-3H3,(H,22,24)/b10-8+. The van der Waals surface area contributed by atoms with Crippen LogP contribution in [0.2, 0.25) is 0 Å². The van der Waals surface area contributed by atoms with Crippen LogP contribution in [0.15, 0.2) is 48.5 Å². The van der Waals surface area contributed by atoms with Crippen molar-refractivity contribution in [2.45, 2.75) is 6.92 Å². The highest BCUT2D eigenvalue weighted by Gasteiger charge is 2.08.